The van der Waals surface area contributed by atoms with Crippen LogP contribution < -0.4 is 15.5 Å². The molecule has 7 rings (SSSR count). The largest absolute Gasteiger partial charge is 0.388 e. The lowest BCUT2D eigenvalue weighted by atomic mass is 9.87. The highest BCUT2D eigenvalue weighted by atomic mass is 19.1. The van der Waals surface area contributed by atoms with E-state index in [0.717, 1.165) is 78.3 Å². The molecule has 4 aromatic heterocycles. The number of benzene rings is 1. The Morgan fingerprint density at radius 3 is 2.39 bits per heavy atom. The third kappa shape index (κ3) is 4.89. The molecule has 11 nitrogen and oxygen atoms in total. The molecule has 12 heteroatoms. The number of halogens is 1. The Morgan fingerprint density at radius 1 is 0.976 bits per heavy atom. The molecule has 0 spiro atoms. The zero-order valence-electron chi connectivity index (χ0n) is 22.7. The van der Waals surface area contributed by atoms with Crippen molar-refractivity contribution in [2.24, 2.45) is 5.73 Å². The van der Waals surface area contributed by atoms with E-state index in [2.05, 4.69) is 45.9 Å². The summed E-state index contributed by atoms with van der Waals surface area (Å²) in [6, 6.07) is 8.26. The molecule has 41 heavy (non-hydrogen) atoms. The third-order valence-electron chi connectivity index (χ3n) is 8.18. The molecule has 5 aromatic rings. The Hall–Kier alpha value is -4.42. The van der Waals surface area contributed by atoms with Crippen LogP contribution in [0.2, 0.25) is 0 Å². The van der Waals surface area contributed by atoms with Crippen LogP contribution in [0.15, 0.2) is 61.4 Å². The predicted octanol–water partition coefficient (Wildman–Crippen LogP) is 2.82. The van der Waals surface area contributed by atoms with Crippen molar-refractivity contribution >= 4 is 22.8 Å². The molecular weight excluding hydrogens is 523 g/mol. The van der Waals surface area contributed by atoms with E-state index in [1.165, 1.54) is 12.1 Å². The first kappa shape index (κ1) is 25.5. The van der Waals surface area contributed by atoms with E-state index in [9.17, 15) is 9.50 Å². The maximum atomic E-state index is 13.4. The Bertz CT molecular complexity index is 1680. The highest BCUT2D eigenvalue weighted by Gasteiger charge is 2.41. The van der Waals surface area contributed by atoms with E-state index >= 15 is 0 Å². The first-order chi connectivity index (χ1) is 19.8. The molecule has 0 radical (unpaired) electrons. The van der Waals surface area contributed by atoms with Gasteiger partial charge in [0.05, 0.1) is 35.0 Å². The number of aromatic amines is 1. The van der Waals surface area contributed by atoms with Crippen molar-refractivity contribution in [3.63, 3.8) is 0 Å². The number of rotatable bonds is 7. The van der Waals surface area contributed by atoms with Gasteiger partial charge in [0, 0.05) is 55.9 Å². The van der Waals surface area contributed by atoms with E-state index in [-0.39, 0.29) is 5.82 Å². The highest BCUT2D eigenvalue weighted by Crippen LogP contribution is 2.37. The number of anilines is 2. The monoisotopic (exact) mass is 554 g/mol. The SMILES string of the molecule is C[C@](N)(c1ccc(F)cc1)c1cnc(N2CCN(c3ncnc4[nH]c(-c5cnn(CC6(O)CC6)c5)cc34)CC2)nc1. The Morgan fingerprint density at radius 2 is 1.68 bits per heavy atom. The van der Waals surface area contributed by atoms with Crippen LogP contribution in [0.4, 0.5) is 16.2 Å². The summed E-state index contributed by atoms with van der Waals surface area (Å²) in [6.45, 7) is 5.34. The van der Waals surface area contributed by atoms with Gasteiger partial charge < -0.3 is 25.6 Å². The van der Waals surface area contributed by atoms with Gasteiger partial charge in [0.15, 0.2) is 0 Å². The summed E-state index contributed by atoms with van der Waals surface area (Å²) >= 11 is 0. The average Bonchev–Trinajstić information content (AvgIpc) is 3.34. The van der Waals surface area contributed by atoms with Crippen molar-refractivity contribution in [2.75, 3.05) is 36.0 Å². The van der Waals surface area contributed by atoms with Gasteiger partial charge >= 0.3 is 0 Å². The maximum absolute atomic E-state index is 13.4. The van der Waals surface area contributed by atoms with Crippen molar-refractivity contribution < 1.29 is 9.50 Å². The molecule has 0 unspecified atom stereocenters. The number of hydrogen-bond acceptors (Lipinski definition) is 9. The van der Waals surface area contributed by atoms with Gasteiger partial charge in [-0.1, -0.05) is 12.1 Å². The zero-order chi connectivity index (χ0) is 28.2. The maximum Gasteiger partial charge on any atom is 0.225 e. The summed E-state index contributed by atoms with van der Waals surface area (Å²) in [4.78, 5) is 26.1. The summed E-state index contributed by atoms with van der Waals surface area (Å²) in [6.07, 6.45) is 10.5. The van der Waals surface area contributed by atoms with Crippen molar-refractivity contribution in [1.29, 1.82) is 0 Å². The molecule has 1 aromatic carbocycles. The van der Waals surface area contributed by atoms with Crippen molar-refractivity contribution in [3.8, 4) is 11.3 Å². The zero-order valence-corrected chi connectivity index (χ0v) is 22.7. The first-order valence-electron chi connectivity index (χ1n) is 13.7. The number of fused-ring (bicyclic) bond motifs is 1. The first-order valence-corrected chi connectivity index (χ1v) is 13.7. The number of nitrogens with zero attached hydrogens (tertiary/aromatic N) is 8. The topological polar surface area (TPSA) is 138 Å². The van der Waals surface area contributed by atoms with Gasteiger partial charge in [-0.2, -0.15) is 5.10 Å². The number of hydrogen-bond donors (Lipinski definition) is 3. The Kier molecular flexibility index (Phi) is 5.98. The van der Waals surface area contributed by atoms with E-state index < -0.39 is 11.1 Å². The third-order valence-corrected chi connectivity index (χ3v) is 8.18. The molecular formula is C29H31FN10O. The second kappa shape index (κ2) is 9.60. The molecule has 1 saturated carbocycles. The van der Waals surface area contributed by atoms with Crippen molar-refractivity contribution in [3.05, 3.63) is 78.4 Å². The molecule has 0 amide bonds. The molecule has 2 fully saturated rings. The van der Waals surface area contributed by atoms with Crippen LogP contribution in [0.1, 0.15) is 30.9 Å². The van der Waals surface area contributed by atoms with Crippen LogP contribution in [-0.2, 0) is 12.1 Å². The molecule has 1 saturated heterocycles. The smallest absolute Gasteiger partial charge is 0.225 e. The molecule has 4 N–H and O–H groups in total. The second-order valence-electron chi connectivity index (χ2n) is 11.2. The van der Waals surface area contributed by atoms with Crippen molar-refractivity contribution in [1.82, 2.24) is 34.7 Å². The van der Waals surface area contributed by atoms with Crippen LogP contribution in [0.5, 0.6) is 0 Å². The molecule has 0 bridgehead atoms. The molecule has 1 aliphatic carbocycles. The van der Waals surface area contributed by atoms with E-state index in [0.29, 0.717) is 12.5 Å². The number of H-pyrrole nitrogens is 1. The normalized spacial score (nSPS) is 18.0. The second-order valence-corrected chi connectivity index (χ2v) is 11.2. The van der Waals surface area contributed by atoms with Gasteiger partial charge in [-0.15, -0.1) is 0 Å². The van der Waals surface area contributed by atoms with Gasteiger partial charge in [-0.05, 0) is 43.5 Å². The fourth-order valence-electron chi connectivity index (χ4n) is 5.36. The number of nitrogens with two attached hydrogens (primary N) is 1. The summed E-state index contributed by atoms with van der Waals surface area (Å²) in [5.41, 5.74) is 9.31. The van der Waals surface area contributed by atoms with E-state index in [1.807, 2.05) is 13.1 Å². The number of nitrogens with one attached hydrogen (secondary N) is 1. The highest BCUT2D eigenvalue weighted by molar-refractivity contribution is 5.91. The number of aromatic nitrogens is 7. The van der Waals surface area contributed by atoms with Crippen LogP contribution in [0.3, 0.4) is 0 Å². The summed E-state index contributed by atoms with van der Waals surface area (Å²) in [7, 11) is 0. The fourth-order valence-corrected chi connectivity index (χ4v) is 5.36. The van der Waals surface area contributed by atoms with Crippen LogP contribution in [0.25, 0.3) is 22.3 Å². The lowest BCUT2D eigenvalue weighted by Gasteiger charge is -2.35. The van der Waals surface area contributed by atoms with Gasteiger partial charge in [-0.3, -0.25) is 4.68 Å². The number of aliphatic hydroxyl groups is 1. The van der Waals surface area contributed by atoms with Crippen LogP contribution in [0, 0.1) is 5.82 Å². The molecule has 2 aliphatic rings. The minimum absolute atomic E-state index is 0.299. The molecule has 1 atom stereocenters. The van der Waals surface area contributed by atoms with E-state index in [4.69, 9.17) is 5.73 Å². The van der Waals surface area contributed by atoms with E-state index in [1.54, 1.807) is 41.7 Å². The van der Waals surface area contributed by atoms with Crippen LogP contribution >= 0.6 is 0 Å². The summed E-state index contributed by atoms with van der Waals surface area (Å²) in [5.74, 6) is 1.23. The predicted molar refractivity (Wildman–Crippen MR) is 153 cm³/mol. The van der Waals surface area contributed by atoms with Crippen LogP contribution in [-0.4, -0.2) is 71.6 Å². The fraction of sp³-hybridized carbons (Fsp3) is 0.345. The Balaban J connectivity index is 1.04. The Labute approximate surface area is 235 Å². The average molecular weight is 555 g/mol. The molecule has 210 valence electrons. The minimum Gasteiger partial charge on any atom is -0.388 e. The van der Waals surface area contributed by atoms with Crippen molar-refractivity contribution in [2.45, 2.75) is 37.5 Å². The van der Waals surface area contributed by atoms with Gasteiger partial charge in [-0.25, -0.2) is 24.3 Å². The van der Waals surface area contributed by atoms with Gasteiger partial charge in [0.1, 0.15) is 23.6 Å². The molecule has 5 heterocycles. The number of piperazine rings is 1. The summed E-state index contributed by atoms with van der Waals surface area (Å²) in [5, 5.41) is 15.6. The quantitative estimate of drug-likeness (QED) is 0.277. The standard InChI is InChI=1S/C29H31FN10O/c1-28(31,20-2-4-22(30)5-3-20)21-14-32-27(33-15-21)39-10-8-38(9-11-39)26-23-12-24(37-25(23)34-18-35-26)19-13-36-40(16-19)17-29(41)6-7-29/h2-5,12-16,18,41H,6-11,17,31H2,1H3,(H,34,35,37)/t28-/m0/s1. The lowest BCUT2D eigenvalue weighted by Crippen LogP contribution is -2.47. The van der Waals surface area contributed by atoms with Gasteiger partial charge in [0.2, 0.25) is 5.95 Å². The minimum atomic E-state index is -0.838. The summed E-state index contributed by atoms with van der Waals surface area (Å²) < 4.78 is 15.2. The van der Waals surface area contributed by atoms with Gasteiger partial charge in [0.25, 0.3) is 0 Å². The molecule has 1 aliphatic heterocycles. The lowest BCUT2D eigenvalue weighted by molar-refractivity contribution is 0.125.